The Kier molecular flexibility index (Phi) is 10.9. The first kappa shape index (κ1) is 37.3. The summed E-state index contributed by atoms with van der Waals surface area (Å²) in [7, 11) is 0. The zero-order valence-corrected chi connectivity index (χ0v) is 32.0. The number of nitrogens with two attached hydrogens (primary N) is 1. The molecule has 57 heavy (non-hydrogen) atoms. The molecule has 1 radical (unpaired) electrons. The minimum Gasteiger partial charge on any atom is -0.657 e. The molecule has 2 aliphatic heterocycles. The van der Waals surface area contributed by atoms with Gasteiger partial charge in [0.1, 0.15) is 0 Å². The summed E-state index contributed by atoms with van der Waals surface area (Å²) in [6, 6.07) is 46.8. The third kappa shape index (κ3) is 7.53. The molecule has 1 amide bonds. The van der Waals surface area contributed by atoms with Gasteiger partial charge in [-0.2, -0.15) is 0 Å². The number of fused-ring (bicyclic) bond motifs is 8. The number of carbonyl (C=O) groups excluding carboxylic acids is 1. The van der Waals surface area contributed by atoms with Gasteiger partial charge in [0, 0.05) is 24.3 Å². The van der Waals surface area contributed by atoms with Crippen molar-refractivity contribution in [2.75, 3.05) is 25.0 Å². The van der Waals surface area contributed by atoms with Crippen LogP contribution >= 0.6 is 0 Å². The van der Waals surface area contributed by atoms with Crippen molar-refractivity contribution in [3.8, 4) is 44.5 Å². The minimum absolute atomic E-state index is 0. The molecule has 277 valence electrons. The molecule has 2 aliphatic rings. The van der Waals surface area contributed by atoms with Crippen LogP contribution < -0.4 is 26.3 Å². The standard InChI is InChI=1S/C48H38N7O.Mn/c49-28-29-50-30-44(56)55-35-19-11-10-18-34(35)48-42-26-24-40(53-42)46(32-14-6-2-7-15-32)38-22-20-36(51-38)45(31-12-4-1-5-13-31)37-21-23-39(52-37)47(33-16-8-3-9-17-33)41-25-27-43(48)54-41;/h1-27,50H,28-30,49H2,(H2-,51,52,53,54,55,56);/q-1;+2/p-1. The van der Waals surface area contributed by atoms with Crippen molar-refractivity contribution in [1.29, 1.82) is 0 Å². The second-order valence-electron chi connectivity index (χ2n) is 13.5. The number of amides is 1. The van der Waals surface area contributed by atoms with Gasteiger partial charge in [-0.25, -0.2) is 9.97 Å². The molecule has 3 aromatic heterocycles. The van der Waals surface area contributed by atoms with Crippen molar-refractivity contribution in [3.63, 3.8) is 0 Å². The van der Waals surface area contributed by atoms with E-state index in [0.29, 0.717) is 30.0 Å². The molecule has 7 aromatic rings. The Morgan fingerprint density at radius 3 is 1.33 bits per heavy atom. The van der Waals surface area contributed by atoms with E-state index in [2.05, 4.69) is 71.3 Å². The molecule has 0 saturated heterocycles. The summed E-state index contributed by atoms with van der Waals surface area (Å²) in [4.78, 5) is 34.5. The van der Waals surface area contributed by atoms with Gasteiger partial charge < -0.3 is 26.3 Å². The molecular formula is C48H37MnN7O. The Bertz CT molecular complexity index is 2770. The molecule has 0 fully saturated rings. The van der Waals surface area contributed by atoms with Gasteiger partial charge >= 0.3 is 17.1 Å². The van der Waals surface area contributed by atoms with Gasteiger partial charge in [-0.3, -0.25) is 4.79 Å². The molecule has 0 spiro atoms. The SMILES string of the molecule is NCCNCC(=O)Nc1ccccc1-c1c2nc(c(-c3ccccc3)c3ccc([n-]3)c(-c3ccccc3)c3nc(c(-c4ccccc4)c4ccc1[n-]4)C=C3)C=C2.[Mn+2]. The number of benzene rings is 4. The molecular weight excluding hydrogens is 746 g/mol. The van der Waals surface area contributed by atoms with Crippen LogP contribution in [0.25, 0.3) is 90.9 Å². The van der Waals surface area contributed by atoms with E-state index in [-0.39, 0.29) is 29.5 Å². The third-order valence-corrected chi connectivity index (χ3v) is 9.87. The number of hydrogen-bond donors (Lipinski definition) is 3. The molecule has 8 nitrogen and oxygen atoms in total. The van der Waals surface area contributed by atoms with Crippen molar-refractivity contribution in [1.82, 2.24) is 25.3 Å². The number of carbonyl (C=O) groups is 1. The first-order valence-corrected chi connectivity index (χ1v) is 18.7. The summed E-state index contributed by atoms with van der Waals surface area (Å²) >= 11 is 0. The van der Waals surface area contributed by atoms with Crippen molar-refractivity contribution in [2.24, 2.45) is 5.73 Å². The summed E-state index contributed by atoms with van der Waals surface area (Å²) < 4.78 is 0. The van der Waals surface area contributed by atoms with Crippen LogP contribution in [-0.2, 0) is 21.9 Å². The number of hydrogen-bond acceptors (Lipinski definition) is 5. The van der Waals surface area contributed by atoms with E-state index >= 15 is 0 Å². The van der Waals surface area contributed by atoms with E-state index in [9.17, 15) is 4.79 Å². The molecule has 0 unspecified atom stereocenters. The number of nitrogens with zero attached hydrogens (tertiary/aromatic N) is 4. The Balaban J connectivity index is 0.00000455. The Hall–Kier alpha value is -6.61. The molecule has 9 rings (SSSR count). The summed E-state index contributed by atoms with van der Waals surface area (Å²) in [5, 5.41) is 6.21. The van der Waals surface area contributed by atoms with E-state index in [0.717, 1.165) is 78.1 Å². The van der Waals surface area contributed by atoms with E-state index < -0.39 is 0 Å². The normalized spacial score (nSPS) is 11.7. The smallest absolute Gasteiger partial charge is 0.657 e. The zero-order chi connectivity index (χ0) is 37.8. The number of anilines is 1. The van der Waals surface area contributed by atoms with Gasteiger partial charge in [0.2, 0.25) is 5.91 Å². The van der Waals surface area contributed by atoms with Gasteiger partial charge in [0.25, 0.3) is 0 Å². The second kappa shape index (κ2) is 16.6. The maximum absolute atomic E-state index is 13.2. The van der Waals surface area contributed by atoms with Gasteiger partial charge in [-0.1, -0.05) is 133 Å². The molecule has 0 atom stereocenters. The predicted molar refractivity (Wildman–Crippen MR) is 229 cm³/mol. The largest absolute Gasteiger partial charge is 2.00 e. The molecule has 5 heterocycles. The summed E-state index contributed by atoms with van der Waals surface area (Å²) in [6.07, 6.45) is 8.21. The average molecular weight is 783 g/mol. The fourth-order valence-corrected chi connectivity index (χ4v) is 7.37. The Morgan fingerprint density at radius 2 is 0.895 bits per heavy atom. The molecule has 8 bridgehead atoms. The minimum atomic E-state index is -0.172. The second-order valence-corrected chi connectivity index (χ2v) is 13.5. The van der Waals surface area contributed by atoms with Crippen molar-refractivity contribution in [2.45, 2.75) is 0 Å². The Labute approximate surface area is 341 Å². The maximum Gasteiger partial charge on any atom is 2.00 e. The van der Waals surface area contributed by atoms with E-state index in [4.69, 9.17) is 25.7 Å². The average Bonchev–Trinajstić information content (AvgIpc) is 4.08. The Morgan fingerprint density at radius 1 is 0.509 bits per heavy atom. The van der Waals surface area contributed by atoms with Crippen LogP contribution in [-0.4, -0.2) is 35.5 Å². The van der Waals surface area contributed by atoms with E-state index in [1.807, 2.05) is 103 Å². The maximum atomic E-state index is 13.2. The fourth-order valence-electron chi connectivity index (χ4n) is 7.37. The zero-order valence-electron chi connectivity index (χ0n) is 30.9. The molecule has 9 heteroatoms. The summed E-state index contributed by atoms with van der Waals surface area (Å²) in [5.74, 6) is -0.172. The van der Waals surface area contributed by atoms with Crippen LogP contribution in [0.4, 0.5) is 5.69 Å². The van der Waals surface area contributed by atoms with E-state index in [1.54, 1.807) is 0 Å². The van der Waals surface area contributed by atoms with Crippen molar-refractivity contribution >= 4 is 58.0 Å². The summed E-state index contributed by atoms with van der Waals surface area (Å²) in [6.45, 7) is 1.12. The fraction of sp³-hybridized carbons (Fsp3) is 0.0625. The van der Waals surface area contributed by atoms with Gasteiger partial charge in [-0.15, -0.1) is 22.1 Å². The molecule has 4 aromatic carbocycles. The molecule has 0 aliphatic carbocycles. The predicted octanol–water partition coefficient (Wildman–Crippen LogP) is 9.07. The van der Waals surface area contributed by atoms with E-state index in [1.165, 1.54) is 0 Å². The quantitative estimate of drug-likeness (QED) is 0.0987. The van der Waals surface area contributed by atoms with Crippen LogP contribution in [0, 0.1) is 0 Å². The van der Waals surface area contributed by atoms with Crippen LogP contribution in [0.1, 0.15) is 22.8 Å². The van der Waals surface area contributed by atoms with Gasteiger partial charge in [0.15, 0.2) is 0 Å². The monoisotopic (exact) mass is 782 g/mol. The van der Waals surface area contributed by atoms with Crippen LogP contribution in [0.2, 0.25) is 0 Å². The topological polar surface area (TPSA) is 121 Å². The van der Waals surface area contributed by atoms with Crippen LogP contribution in [0.5, 0.6) is 0 Å². The molecule has 0 saturated carbocycles. The first-order chi connectivity index (χ1) is 27.6. The summed E-state index contributed by atoms with van der Waals surface area (Å²) in [5.41, 5.74) is 19.8. The third-order valence-electron chi connectivity index (χ3n) is 9.87. The first-order valence-electron chi connectivity index (χ1n) is 18.7. The van der Waals surface area contributed by atoms with Gasteiger partial charge in [0.05, 0.1) is 29.3 Å². The number of para-hydroxylation sites is 1. The van der Waals surface area contributed by atoms with Crippen LogP contribution in [0.15, 0.2) is 140 Å². The number of aromatic nitrogens is 4. The number of nitrogens with one attached hydrogen (secondary N) is 2. The van der Waals surface area contributed by atoms with Crippen molar-refractivity contribution < 1.29 is 21.9 Å². The number of rotatable bonds is 9. The molecule has 4 N–H and O–H groups in total. The van der Waals surface area contributed by atoms with Gasteiger partial charge in [-0.05, 0) is 69.3 Å². The van der Waals surface area contributed by atoms with Crippen molar-refractivity contribution in [3.05, 3.63) is 162 Å². The van der Waals surface area contributed by atoms with Crippen LogP contribution in [0.3, 0.4) is 0 Å².